The van der Waals surface area contributed by atoms with E-state index in [1.165, 1.54) is 30.4 Å². The highest BCUT2D eigenvalue weighted by atomic mass is 28.4. The van der Waals surface area contributed by atoms with Crippen molar-refractivity contribution in [1.82, 2.24) is 0 Å². The predicted molar refractivity (Wildman–Crippen MR) is 149 cm³/mol. The minimum absolute atomic E-state index is 0.0337. The van der Waals surface area contributed by atoms with Crippen LogP contribution in [0.1, 0.15) is 84.0 Å². The van der Waals surface area contributed by atoms with Crippen molar-refractivity contribution in [1.29, 1.82) is 0 Å². The van der Waals surface area contributed by atoms with Gasteiger partial charge >= 0.3 is 0 Å². The van der Waals surface area contributed by atoms with Crippen LogP contribution < -0.4 is 0 Å². The maximum absolute atomic E-state index is 11.9. The zero-order chi connectivity index (χ0) is 25.6. The summed E-state index contributed by atoms with van der Waals surface area (Å²) in [6, 6.07) is 0. The number of oxime groups is 1. The maximum Gasteiger partial charge on any atom is 0.292 e. The lowest BCUT2D eigenvalue weighted by molar-refractivity contribution is -0.135. The molecule has 5 nitrogen and oxygen atoms in total. The monoisotopic (exact) mass is 509 g/mol. The third-order valence-corrected chi connectivity index (χ3v) is 7.51. The molecule has 0 fully saturated rings. The fourth-order valence-electron chi connectivity index (χ4n) is 4.22. The molecule has 0 aromatic heterocycles. The van der Waals surface area contributed by atoms with Gasteiger partial charge in [-0.3, -0.25) is 4.79 Å². The van der Waals surface area contributed by atoms with Crippen LogP contribution in [0.25, 0.3) is 0 Å². The first-order valence-corrected chi connectivity index (χ1v) is 20.2. The average molecular weight is 510 g/mol. The molecule has 1 rings (SSSR count). The molecule has 0 spiro atoms. The Kier molecular flexibility index (Phi) is 14.3. The highest BCUT2D eigenvalue weighted by molar-refractivity contribution is 6.71. The summed E-state index contributed by atoms with van der Waals surface area (Å²) in [4.78, 5) is 17.0. The second kappa shape index (κ2) is 15.7. The quantitative estimate of drug-likeness (QED) is 0.113. The second-order valence-corrected chi connectivity index (χ2v) is 20.2. The number of allylic oxidation sites excluding steroid dienone is 3. The Labute approximate surface area is 211 Å². The van der Waals surface area contributed by atoms with Crippen molar-refractivity contribution in [3.8, 4) is 0 Å². The van der Waals surface area contributed by atoms with E-state index in [0.717, 1.165) is 57.1 Å². The zero-order valence-electron chi connectivity index (χ0n) is 23.3. The molecule has 0 aromatic rings. The number of hydrogen-bond donors (Lipinski definition) is 0. The van der Waals surface area contributed by atoms with Crippen LogP contribution in [0.5, 0.6) is 0 Å². The summed E-state index contributed by atoms with van der Waals surface area (Å²) < 4.78 is 12.0. The summed E-state index contributed by atoms with van der Waals surface area (Å²) in [7, 11) is -1.74. The molecule has 1 unspecified atom stereocenters. The van der Waals surface area contributed by atoms with E-state index in [1.807, 2.05) is 0 Å². The highest BCUT2D eigenvalue weighted by Gasteiger charge is 2.23. The van der Waals surface area contributed by atoms with E-state index in [9.17, 15) is 4.79 Å². The van der Waals surface area contributed by atoms with Gasteiger partial charge in [-0.2, -0.15) is 0 Å². The van der Waals surface area contributed by atoms with Gasteiger partial charge in [-0.25, -0.2) is 0 Å². The molecule has 34 heavy (non-hydrogen) atoms. The van der Waals surface area contributed by atoms with Crippen LogP contribution in [0.3, 0.4) is 0 Å². The van der Waals surface area contributed by atoms with E-state index in [-0.39, 0.29) is 12.1 Å². The first-order chi connectivity index (χ1) is 15.9. The molecule has 196 valence electrons. The Hall–Kier alpha value is -1.19. The van der Waals surface area contributed by atoms with Crippen LogP contribution in [-0.2, 0) is 18.5 Å². The van der Waals surface area contributed by atoms with E-state index in [2.05, 4.69) is 63.5 Å². The van der Waals surface area contributed by atoms with Gasteiger partial charge in [0.2, 0.25) is 8.32 Å². The number of hydrogen-bond acceptors (Lipinski definition) is 5. The van der Waals surface area contributed by atoms with Crippen molar-refractivity contribution in [2.45, 2.75) is 129 Å². The van der Waals surface area contributed by atoms with E-state index in [1.54, 1.807) is 7.11 Å². The molecule has 1 aliphatic rings. The fourth-order valence-corrected chi connectivity index (χ4v) is 6.11. The molecule has 0 radical (unpaired) electrons. The van der Waals surface area contributed by atoms with E-state index in [4.69, 9.17) is 13.7 Å². The van der Waals surface area contributed by atoms with Crippen molar-refractivity contribution in [3.63, 3.8) is 0 Å². The zero-order valence-corrected chi connectivity index (χ0v) is 25.3. The Balaban J connectivity index is 2.69. The first-order valence-electron chi connectivity index (χ1n) is 13.4. The van der Waals surface area contributed by atoms with Crippen molar-refractivity contribution in [3.05, 3.63) is 23.3 Å². The molecule has 0 amide bonds. The molecule has 7 heteroatoms. The van der Waals surface area contributed by atoms with Gasteiger partial charge in [-0.1, -0.05) is 56.3 Å². The van der Waals surface area contributed by atoms with Crippen LogP contribution >= 0.6 is 0 Å². The SMILES string of the molecule is CCCCCC(/C=C/C1=C(CCCCCCC(=O)O[Si](C)(C)C)C(=N/OC)/CC1)O[Si](C)(C)C. The van der Waals surface area contributed by atoms with Gasteiger partial charge in [0, 0.05) is 6.42 Å². The molecule has 0 heterocycles. The predicted octanol–water partition coefficient (Wildman–Crippen LogP) is 8.15. The van der Waals surface area contributed by atoms with Crippen LogP contribution in [0.2, 0.25) is 39.3 Å². The highest BCUT2D eigenvalue weighted by Crippen LogP contribution is 2.30. The molecular formula is C27H51NO4Si2. The van der Waals surface area contributed by atoms with Gasteiger partial charge in [0.05, 0.1) is 11.8 Å². The summed E-state index contributed by atoms with van der Waals surface area (Å²) in [5, 5.41) is 4.32. The number of carbonyl (C=O) groups excluding carboxylic acids is 1. The van der Waals surface area contributed by atoms with E-state index >= 15 is 0 Å². The summed E-state index contributed by atoms with van der Waals surface area (Å²) in [6.07, 6.45) is 17.3. The van der Waals surface area contributed by atoms with Crippen molar-refractivity contribution in [2.75, 3.05) is 7.11 Å². The molecule has 0 N–H and O–H groups in total. The third-order valence-electron chi connectivity index (χ3n) is 5.66. The normalized spacial score (nSPS) is 17.1. The maximum atomic E-state index is 11.9. The Morgan fingerprint density at radius 1 is 0.971 bits per heavy atom. The van der Waals surface area contributed by atoms with Crippen molar-refractivity contribution >= 4 is 28.3 Å². The molecule has 0 saturated heterocycles. The summed E-state index contributed by atoms with van der Waals surface area (Å²) >= 11 is 0. The second-order valence-electron chi connectivity index (χ2n) is 11.3. The van der Waals surface area contributed by atoms with Crippen molar-refractivity contribution < 1.29 is 18.5 Å². The smallest absolute Gasteiger partial charge is 0.292 e. The minimum atomic E-state index is -1.77. The Bertz CT molecular complexity index is 702. The van der Waals surface area contributed by atoms with Crippen LogP contribution in [0.4, 0.5) is 0 Å². The van der Waals surface area contributed by atoms with Gasteiger partial charge in [-0.05, 0) is 89.0 Å². The largest absolute Gasteiger partial charge is 0.520 e. The van der Waals surface area contributed by atoms with Crippen LogP contribution in [0.15, 0.2) is 28.5 Å². The molecule has 0 aliphatic heterocycles. The fraction of sp³-hybridized carbons (Fsp3) is 0.778. The first kappa shape index (κ1) is 30.8. The average Bonchev–Trinajstić information content (AvgIpc) is 3.08. The topological polar surface area (TPSA) is 57.1 Å². The molecule has 1 atom stereocenters. The lowest BCUT2D eigenvalue weighted by atomic mass is 10.0. The summed E-state index contributed by atoms with van der Waals surface area (Å²) in [5.74, 6) is -0.0337. The summed E-state index contributed by atoms with van der Waals surface area (Å²) in [5.41, 5.74) is 3.82. The molecule has 0 saturated carbocycles. The molecule has 0 bridgehead atoms. The summed E-state index contributed by atoms with van der Waals surface area (Å²) in [6.45, 7) is 15.2. The third kappa shape index (κ3) is 14.3. The van der Waals surface area contributed by atoms with Gasteiger partial charge in [0.15, 0.2) is 8.32 Å². The van der Waals surface area contributed by atoms with Gasteiger partial charge < -0.3 is 13.7 Å². The lowest BCUT2D eigenvalue weighted by Gasteiger charge is -2.24. The minimum Gasteiger partial charge on any atom is -0.520 e. The number of unbranched alkanes of at least 4 members (excludes halogenated alkanes) is 5. The number of carbonyl (C=O) groups is 1. The van der Waals surface area contributed by atoms with Gasteiger partial charge in [0.25, 0.3) is 5.97 Å². The molecule has 0 aromatic carbocycles. The molecule has 1 aliphatic carbocycles. The number of nitrogens with zero attached hydrogens (tertiary/aromatic N) is 1. The van der Waals surface area contributed by atoms with Gasteiger partial charge in [0.1, 0.15) is 7.11 Å². The number of rotatable bonds is 17. The van der Waals surface area contributed by atoms with Crippen LogP contribution in [-0.4, -0.2) is 41.5 Å². The Morgan fingerprint density at radius 2 is 1.68 bits per heavy atom. The van der Waals surface area contributed by atoms with Crippen LogP contribution in [0, 0.1) is 0 Å². The van der Waals surface area contributed by atoms with Crippen molar-refractivity contribution in [2.24, 2.45) is 5.16 Å². The lowest BCUT2D eigenvalue weighted by Crippen LogP contribution is -2.31. The van der Waals surface area contributed by atoms with E-state index in [0.29, 0.717) is 6.42 Å². The molecular weight excluding hydrogens is 458 g/mol. The van der Waals surface area contributed by atoms with Gasteiger partial charge in [-0.15, -0.1) is 0 Å². The Morgan fingerprint density at radius 3 is 2.29 bits per heavy atom. The standard InChI is InChI=1S/C27H51NO4Si2/c1-9-10-13-16-24(31-33(3,4)5)21-19-23-20-22-26(28-30-2)25(23)17-14-11-12-15-18-27(29)32-34(6,7)8/h19,21,24H,9-18,20,22H2,1-8H3/b21-19+,28-26+. The van der Waals surface area contributed by atoms with E-state index < -0.39 is 16.6 Å².